The lowest BCUT2D eigenvalue weighted by Gasteiger charge is -2.27. The molecule has 2 rings (SSSR count). The maximum atomic E-state index is 5.56. The molecule has 0 fully saturated rings. The topological polar surface area (TPSA) is 21.7 Å². The van der Waals surface area contributed by atoms with Gasteiger partial charge in [-0.2, -0.15) is 0 Å². The highest BCUT2D eigenvalue weighted by Gasteiger charge is 2.16. The summed E-state index contributed by atoms with van der Waals surface area (Å²) in [4.78, 5) is 2.42. The quantitative estimate of drug-likeness (QED) is 0.381. The number of ether oxygens (including phenoxy) is 2. The van der Waals surface area contributed by atoms with E-state index in [1.54, 1.807) is 14.2 Å². The molecule has 3 heteroatoms. The molecule has 0 aromatic heterocycles. The fourth-order valence-corrected chi connectivity index (χ4v) is 3.29. The minimum Gasteiger partial charge on any atom is -0.497 e. The normalized spacial score (nSPS) is 11.4. The lowest BCUT2D eigenvalue weighted by atomic mass is 10.1. The molecular formula is C26H33NO2. The first-order chi connectivity index (χ1) is 14.2. The molecule has 0 aliphatic heterocycles. The van der Waals surface area contributed by atoms with Gasteiger partial charge in [-0.1, -0.05) is 61.9 Å². The van der Waals surface area contributed by atoms with Crippen molar-refractivity contribution in [1.29, 1.82) is 0 Å². The van der Waals surface area contributed by atoms with E-state index in [-0.39, 0.29) is 6.04 Å². The Labute approximate surface area is 176 Å². The first-order valence-corrected chi connectivity index (χ1v) is 10.3. The van der Waals surface area contributed by atoms with Crippen LogP contribution in [0.25, 0.3) is 0 Å². The van der Waals surface area contributed by atoms with Crippen molar-refractivity contribution >= 4 is 0 Å². The van der Waals surface area contributed by atoms with Gasteiger partial charge in [-0.3, -0.25) is 4.90 Å². The van der Waals surface area contributed by atoms with E-state index in [9.17, 15) is 0 Å². The van der Waals surface area contributed by atoms with Crippen LogP contribution in [0, 0.1) is 11.8 Å². The summed E-state index contributed by atoms with van der Waals surface area (Å²) in [7, 11) is 3.37. The molecule has 2 aromatic carbocycles. The monoisotopic (exact) mass is 391 g/mol. The average Bonchev–Trinajstić information content (AvgIpc) is 2.77. The van der Waals surface area contributed by atoms with E-state index in [4.69, 9.17) is 9.47 Å². The fraction of sp³-hybridized carbons (Fsp3) is 0.385. The molecular weight excluding hydrogens is 358 g/mol. The van der Waals surface area contributed by atoms with Gasteiger partial charge in [0.05, 0.1) is 20.3 Å². The van der Waals surface area contributed by atoms with Crippen LogP contribution in [0.3, 0.4) is 0 Å². The first kappa shape index (κ1) is 22.6. The van der Waals surface area contributed by atoms with Crippen molar-refractivity contribution in [3.05, 3.63) is 72.3 Å². The summed E-state index contributed by atoms with van der Waals surface area (Å²) < 4.78 is 10.9. The van der Waals surface area contributed by atoms with E-state index in [1.165, 1.54) is 5.56 Å². The molecule has 0 radical (unpaired) electrons. The van der Waals surface area contributed by atoms with Gasteiger partial charge >= 0.3 is 0 Å². The average molecular weight is 392 g/mol. The largest absolute Gasteiger partial charge is 0.497 e. The van der Waals surface area contributed by atoms with Crippen molar-refractivity contribution in [2.75, 3.05) is 27.3 Å². The maximum absolute atomic E-state index is 5.56. The molecule has 0 saturated heterocycles. The smallest absolute Gasteiger partial charge is 0.125 e. The molecule has 0 saturated carbocycles. The highest BCUT2D eigenvalue weighted by atomic mass is 16.5. The lowest BCUT2D eigenvalue weighted by Crippen LogP contribution is -2.36. The molecule has 0 amide bonds. The Kier molecular flexibility index (Phi) is 9.89. The zero-order valence-electron chi connectivity index (χ0n) is 18.0. The van der Waals surface area contributed by atoms with E-state index in [0.717, 1.165) is 55.8 Å². The highest BCUT2D eigenvalue weighted by Crippen LogP contribution is 2.25. The molecule has 0 aliphatic rings. The maximum Gasteiger partial charge on any atom is 0.125 e. The number of nitrogens with zero attached hydrogens (tertiary/aromatic N) is 1. The van der Waals surface area contributed by atoms with Crippen LogP contribution in [-0.4, -0.2) is 38.3 Å². The Morgan fingerprint density at radius 2 is 1.90 bits per heavy atom. The Hall–Kier alpha value is -2.70. The second-order valence-corrected chi connectivity index (χ2v) is 7.00. The van der Waals surface area contributed by atoms with Crippen LogP contribution in [-0.2, 0) is 6.42 Å². The number of unbranched alkanes of at least 4 members (excludes halogenated alkanes) is 1. The van der Waals surface area contributed by atoms with Crippen LogP contribution >= 0.6 is 0 Å². The van der Waals surface area contributed by atoms with Gasteiger partial charge in [0.1, 0.15) is 11.5 Å². The molecule has 0 heterocycles. The van der Waals surface area contributed by atoms with Gasteiger partial charge in [0.25, 0.3) is 0 Å². The Bertz CT molecular complexity index is 804. The number of hydrogen-bond donors (Lipinski definition) is 0. The van der Waals surface area contributed by atoms with E-state index in [1.807, 2.05) is 36.4 Å². The third kappa shape index (κ3) is 7.33. The molecule has 2 aromatic rings. The highest BCUT2D eigenvalue weighted by molar-refractivity contribution is 5.41. The zero-order chi connectivity index (χ0) is 20.9. The minimum absolute atomic E-state index is 0.206. The minimum atomic E-state index is 0.206. The van der Waals surface area contributed by atoms with Crippen LogP contribution in [0.5, 0.6) is 11.5 Å². The summed E-state index contributed by atoms with van der Waals surface area (Å²) in [5, 5.41) is 0. The van der Waals surface area contributed by atoms with E-state index >= 15 is 0 Å². The van der Waals surface area contributed by atoms with Crippen molar-refractivity contribution in [3.63, 3.8) is 0 Å². The first-order valence-electron chi connectivity index (χ1n) is 10.3. The van der Waals surface area contributed by atoms with Crippen LogP contribution in [0.2, 0.25) is 0 Å². The molecule has 1 unspecified atom stereocenters. The van der Waals surface area contributed by atoms with Gasteiger partial charge in [-0.05, 0) is 36.6 Å². The molecule has 0 N–H and O–H groups in total. The van der Waals surface area contributed by atoms with Crippen LogP contribution in [0.1, 0.15) is 37.3 Å². The van der Waals surface area contributed by atoms with Crippen molar-refractivity contribution in [2.24, 2.45) is 0 Å². The van der Waals surface area contributed by atoms with Crippen molar-refractivity contribution in [2.45, 2.75) is 38.6 Å². The summed E-state index contributed by atoms with van der Waals surface area (Å²) in [6.45, 7) is 7.90. The van der Waals surface area contributed by atoms with Gasteiger partial charge in [-0.15, -0.1) is 6.58 Å². The van der Waals surface area contributed by atoms with Gasteiger partial charge in [0, 0.05) is 24.7 Å². The number of hydrogen-bond acceptors (Lipinski definition) is 3. The molecule has 154 valence electrons. The zero-order valence-corrected chi connectivity index (χ0v) is 18.0. The number of rotatable bonds is 11. The predicted octanol–water partition coefficient (Wildman–Crippen LogP) is 5.34. The van der Waals surface area contributed by atoms with Gasteiger partial charge in [-0.25, -0.2) is 0 Å². The van der Waals surface area contributed by atoms with E-state index in [2.05, 4.69) is 48.4 Å². The SMILES string of the molecule is C=CCN(CCc1ccc(OC)cc1OC)C(C#Cc1ccccc1)CCCC. The van der Waals surface area contributed by atoms with Crippen LogP contribution < -0.4 is 9.47 Å². The number of benzene rings is 2. The molecule has 1 atom stereocenters. The second kappa shape index (κ2) is 12.7. The lowest BCUT2D eigenvalue weighted by molar-refractivity contribution is 0.249. The van der Waals surface area contributed by atoms with Crippen molar-refractivity contribution < 1.29 is 9.47 Å². The summed E-state index contributed by atoms with van der Waals surface area (Å²) in [6.07, 6.45) is 6.24. The summed E-state index contributed by atoms with van der Waals surface area (Å²) >= 11 is 0. The summed E-state index contributed by atoms with van der Waals surface area (Å²) in [5.74, 6) is 8.55. The Morgan fingerprint density at radius 1 is 1.10 bits per heavy atom. The van der Waals surface area contributed by atoms with Gasteiger partial charge in [0.15, 0.2) is 0 Å². The fourth-order valence-electron chi connectivity index (χ4n) is 3.29. The Balaban J connectivity index is 2.17. The van der Waals surface area contributed by atoms with Gasteiger partial charge in [0.2, 0.25) is 0 Å². The molecule has 29 heavy (non-hydrogen) atoms. The molecule has 0 spiro atoms. The molecule has 0 aliphatic carbocycles. The van der Waals surface area contributed by atoms with Gasteiger partial charge < -0.3 is 9.47 Å². The summed E-state index contributed by atoms with van der Waals surface area (Å²) in [5.41, 5.74) is 2.23. The van der Waals surface area contributed by atoms with E-state index < -0.39 is 0 Å². The van der Waals surface area contributed by atoms with Crippen LogP contribution in [0.4, 0.5) is 0 Å². The predicted molar refractivity (Wildman–Crippen MR) is 122 cm³/mol. The Morgan fingerprint density at radius 3 is 2.55 bits per heavy atom. The number of methoxy groups -OCH3 is 2. The molecule has 0 bridgehead atoms. The third-order valence-electron chi connectivity index (χ3n) is 4.95. The summed E-state index contributed by atoms with van der Waals surface area (Å²) in [6, 6.07) is 16.4. The standard InChI is InChI=1S/C26H33NO2/c1-5-7-13-24(16-14-22-11-9-8-10-12-22)27(19-6-2)20-18-23-15-17-25(28-3)21-26(23)29-4/h6,8-12,15,17,21,24H,2,5,7,13,18-20H2,1,3-4H3. The van der Waals surface area contributed by atoms with Crippen molar-refractivity contribution in [1.82, 2.24) is 4.90 Å². The molecule has 3 nitrogen and oxygen atoms in total. The third-order valence-corrected chi connectivity index (χ3v) is 4.95. The van der Waals surface area contributed by atoms with E-state index in [0.29, 0.717) is 0 Å². The second-order valence-electron chi connectivity index (χ2n) is 7.00. The van der Waals surface area contributed by atoms with Crippen molar-refractivity contribution in [3.8, 4) is 23.3 Å². The van der Waals surface area contributed by atoms with Crippen LogP contribution in [0.15, 0.2) is 61.2 Å².